The van der Waals surface area contributed by atoms with Gasteiger partial charge in [-0.1, -0.05) is 23.6 Å². The number of fused-ring (bicyclic) bond motifs is 4. The highest BCUT2D eigenvalue weighted by atomic mass is 35.5. The van der Waals surface area contributed by atoms with Crippen LogP contribution in [0.5, 0.6) is 0 Å². The molecule has 1 fully saturated rings. The Morgan fingerprint density at radius 3 is 2.66 bits per heavy atom. The first-order valence-corrected chi connectivity index (χ1v) is 12.9. The summed E-state index contributed by atoms with van der Waals surface area (Å²) in [4.78, 5) is 25.9. The average molecular weight is 520 g/mol. The van der Waals surface area contributed by atoms with Gasteiger partial charge in [0.2, 0.25) is 15.7 Å². The topological polar surface area (TPSA) is 108 Å². The van der Waals surface area contributed by atoms with Crippen LogP contribution in [-0.4, -0.2) is 36.3 Å². The van der Waals surface area contributed by atoms with Gasteiger partial charge in [-0.3, -0.25) is 4.79 Å². The monoisotopic (exact) mass is 519 g/mol. The molecule has 35 heavy (non-hydrogen) atoms. The van der Waals surface area contributed by atoms with Gasteiger partial charge in [0.1, 0.15) is 16.5 Å². The van der Waals surface area contributed by atoms with E-state index in [4.69, 9.17) is 16.0 Å². The van der Waals surface area contributed by atoms with Gasteiger partial charge in [-0.2, -0.15) is 4.31 Å². The summed E-state index contributed by atoms with van der Waals surface area (Å²) in [6.07, 6.45) is 0.575. The van der Waals surface area contributed by atoms with E-state index >= 15 is 4.39 Å². The molecule has 0 unspecified atom stereocenters. The van der Waals surface area contributed by atoms with Crippen LogP contribution in [0, 0.1) is 12.7 Å². The number of aromatic nitrogens is 2. The molecular formula is C23H21ClFN4O5S+. The lowest BCUT2D eigenvalue weighted by Gasteiger charge is -2.46. The molecule has 0 radical (unpaired) electrons. The summed E-state index contributed by atoms with van der Waals surface area (Å²) in [6, 6.07) is 6.20. The molecule has 182 valence electrons. The molecule has 12 heteroatoms. The highest BCUT2D eigenvalue weighted by Crippen LogP contribution is 2.47. The molecule has 3 aromatic rings. The largest absolute Gasteiger partial charge is 0.470 e. The second-order valence-corrected chi connectivity index (χ2v) is 11.5. The second-order valence-electron chi connectivity index (χ2n) is 9.25. The summed E-state index contributed by atoms with van der Waals surface area (Å²) < 4.78 is 51.1. The molecule has 3 heterocycles. The minimum Gasteiger partial charge on any atom is -0.352 e. The SMILES string of the molecule is Cc1ccc(F)c2c1-[n+]1[nH]c(=O)oc1[C@@H](N1CN(C3CC(=O)C3)c3cc(Cl)ccc3S1(=O)=O)[C@@H]2C. The number of H-pyrrole nitrogens is 1. The lowest BCUT2D eigenvalue weighted by molar-refractivity contribution is -0.675. The number of Topliss-reactive ketones (excluding diaryl/α,β-unsaturated/α-hetero) is 1. The van der Waals surface area contributed by atoms with Crippen LogP contribution in [0.4, 0.5) is 10.1 Å². The number of aryl methyl sites for hydroxylation is 1. The number of nitrogens with one attached hydrogen (secondary N) is 1. The molecule has 6 rings (SSSR count). The number of carbonyl (C=O) groups is 1. The lowest BCUT2D eigenvalue weighted by atomic mass is 9.86. The maximum atomic E-state index is 15.2. The van der Waals surface area contributed by atoms with Crippen molar-refractivity contribution in [3.63, 3.8) is 0 Å². The van der Waals surface area contributed by atoms with Gasteiger partial charge >= 0.3 is 11.6 Å². The van der Waals surface area contributed by atoms with Gasteiger partial charge in [-0.05, 0) is 41.9 Å². The number of aromatic amines is 1. The Labute approximate surface area is 204 Å². The maximum Gasteiger partial charge on any atom is 0.470 e. The number of ketones is 1. The molecule has 9 nitrogen and oxygen atoms in total. The third kappa shape index (κ3) is 3.14. The van der Waals surface area contributed by atoms with E-state index < -0.39 is 33.6 Å². The molecule has 2 aliphatic heterocycles. The third-order valence-corrected chi connectivity index (χ3v) is 9.27. The zero-order valence-corrected chi connectivity index (χ0v) is 20.4. The molecule has 2 aromatic carbocycles. The number of sulfonamides is 1. The minimum atomic E-state index is -4.12. The normalized spacial score (nSPS) is 23.4. The number of hydrogen-bond donors (Lipinski definition) is 1. The van der Waals surface area contributed by atoms with Crippen molar-refractivity contribution in [2.45, 2.75) is 49.6 Å². The van der Waals surface area contributed by atoms with Crippen molar-refractivity contribution in [1.82, 2.24) is 9.40 Å². The third-order valence-electron chi connectivity index (χ3n) is 7.18. The van der Waals surface area contributed by atoms with Gasteiger partial charge in [0.25, 0.3) is 0 Å². The van der Waals surface area contributed by atoms with Crippen molar-refractivity contribution < 1.29 is 26.7 Å². The molecule has 0 amide bonds. The fourth-order valence-corrected chi connectivity index (χ4v) is 7.38. The van der Waals surface area contributed by atoms with Crippen molar-refractivity contribution in [3.8, 4) is 5.69 Å². The van der Waals surface area contributed by atoms with Crippen LogP contribution >= 0.6 is 11.6 Å². The summed E-state index contributed by atoms with van der Waals surface area (Å²) in [7, 11) is -4.12. The molecule has 1 N–H and O–H groups in total. The highest BCUT2D eigenvalue weighted by molar-refractivity contribution is 7.89. The average Bonchev–Trinajstić information content (AvgIpc) is 3.15. The summed E-state index contributed by atoms with van der Waals surface area (Å²) in [6.45, 7) is 3.38. The van der Waals surface area contributed by atoms with E-state index in [0.717, 1.165) is 0 Å². The Morgan fingerprint density at radius 2 is 1.94 bits per heavy atom. The first-order chi connectivity index (χ1) is 16.6. The summed E-state index contributed by atoms with van der Waals surface area (Å²) in [5.74, 6) is -1.82. The second kappa shape index (κ2) is 7.49. The first kappa shape index (κ1) is 22.4. The summed E-state index contributed by atoms with van der Waals surface area (Å²) in [5, 5.41) is 2.93. The van der Waals surface area contributed by atoms with Gasteiger partial charge in [0.05, 0.1) is 17.9 Å². The molecule has 1 aliphatic carbocycles. The van der Waals surface area contributed by atoms with Crippen molar-refractivity contribution in [1.29, 1.82) is 0 Å². The van der Waals surface area contributed by atoms with Gasteiger partial charge in [0, 0.05) is 35.4 Å². The van der Waals surface area contributed by atoms with E-state index in [2.05, 4.69) is 5.10 Å². The summed E-state index contributed by atoms with van der Waals surface area (Å²) in [5.41, 5.74) is 1.83. The lowest BCUT2D eigenvalue weighted by Crippen LogP contribution is -2.58. The zero-order valence-electron chi connectivity index (χ0n) is 18.8. The van der Waals surface area contributed by atoms with E-state index in [1.807, 2.05) is 4.90 Å². The molecule has 0 bridgehead atoms. The van der Waals surface area contributed by atoms with E-state index in [1.54, 1.807) is 26.0 Å². The quantitative estimate of drug-likeness (QED) is 0.522. The Hall–Kier alpha value is -3.02. The van der Waals surface area contributed by atoms with Crippen LogP contribution in [0.3, 0.4) is 0 Å². The van der Waals surface area contributed by atoms with Crippen molar-refractivity contribution in [2.75, 3.05) is 11.6 Å². The number of hydrogen-bond acceptors (Lipinski definition) is 6. The minimum absolute atomic E-state index is 0.0274. The number of halogens is 2. The Morgan fingerprint density at radius 1 is 1.20 bits per heavy atom. The number of rotatable bonds is 2. The standard InChI is InChI=1S/C23H20ClFN4O5S/c1-11-3-5-16(25)19-12(2)21(22-29(20(11)19)26-23(31)34-22)28-10-27(14-8-15(30)9-14)17-7-13(24)4-6-18(17)35(28,32)33/h3-7,12,14,21H,8-10H2,1-2H3/p+1/t12-,21+/m1/s1. The Kier molecular flexibility index (Phi) is 4.80. The number of anilines is 1. The molecule has 1 aromatic heterocycles. The summed E-state index contributed by atoms with van der Waals surface area (Å²) >= 11 is 6.20. The molecular weight excluding hydrogens is 499 g/mol. The van der Waals surface area contributed by atoms with Gasteiger partial charge in [-0.15, -0.1) is 0 Å². The smallest absolute Gasteiger partial charge is 0.352 e. The predicted molar refractivity (Wildman–Crippen MR) is 123 cm³/mol. The highest BCUT2D eigenvalue weighted by Gasteiger charge is 2.54. The van der Waals surface area contributed by atoms with E-state index in [1.165, 1.54) is 27.2 Å². The van der Waals surface area contributed by atoms with E-state index in [9.17, 15) is 18.0 Å². The van der Waals surface area contributed by atoms with Crippen LogP contribution in [0.15, 0.2) is 44.4 Å². The van der Waals surface area contributed by atoms with E-state index in [-0.39, 0.29) is 47.7 Å². The van der Waals surface area contributed by atoms with Gasteiger partial charge in [-0.25, -0.2) is 17.6 Å². The fourth-order valence-electron chi connectivity index (χ4n) is 5.43. The van der Waals surface area contributed by atoms with Crippen LogP contribution in [-0.2, 0) is 14.8 Å². The van der Waals surface area contributed by atoms with Crippen LogP contribution in [0.25, 0.3) is 5.69 Å². The van der Waals surface area contributed by atoms with Gasteiger partial charge < -0.3 is 9.32 Å². The molecule has 2 atom stereocenters. The fraction of sp³-hybridized carbons (Fsp3) is 0.348. The van der Waals surface area contributed by atoms with Gasteiger partial charge in [0.15, 0.2) is 6.04 Å². The number of nitrogens with zero attached hydrogens (tertiary/aromatic N) is 3. The number of carbonyl (C=O) groups excluding carboxylic acids is 1. The zero-order chi connectivity index (χ0) is 24.8. The first-order valence-electron chi connectivity index (χ1n) is 11.1. The molecule has 0 spiro atoms. The number of benzene rings is 2. The van der Waals surface area contributed by atoms with Crippen LogP contribution in [0.2, 0.25) is 5.02 Å². The van der Waals surface area contributed by atoms with Crippen molar-refractivity contribution >= 4 is 33.1 Å². The predicted octanol–water partition coefficient (Wildman–Crippen LogP) is 2.70. The van der Waals surface area contributed by atoms with Crippen LogP contribution < -0.4 is 15.3 Å². The maximum absolute atomic E-state index is 15.2. The van der Waals surface area contributed by atoms with Crippen molar-refractivity contribution in [3.05, 3.63) is 68.7 Å². The van der Waals surface area contributed by atoms with Crippen molar-refractivity contribution in [2.24, 2.45) is 0 Å². The molecule has 0 saturated heterocycles. The Balaban J connectivity index is 1.56. The Bertz CT molecular complexity index is 1570. The molecule has 1 saturated carbocycles. The van der Waals surface area contributed by atoms with Crippen LogP contribution in [0.1, 0.15) is 48.7 Å². The molecule has 3 aliphatic rings. The van der Waals surface area contributed by atoms with E-state index in [0.29, 0.717) is 22.0 Å².